The molecular formula is C20H16F3N3O2. The highest BCUT2D eigenvalue weighted by Gasteiger charge is 2.30. The van der Waals surface area contributed by atoms with Crippen LogP contribution in [0.2, 0.25) is 0 Å². The van der Waals surface area contributed by atoms with Crippen molar-refractivity contribution in [2.45, 2.75) is 20.0 Å². The molecule has 0 N–H and O–H groups in total. The first-order chi connectivity index (χ1) is 13.2. The van der Waals surface area contributed by atoms with Crippen molar-refractivity contribution >= 4 is 17.4 Å². The van der Waals surface area contributed by atoms with Crippen molar-refractivity contribution in [3.05, 3.63) is 72.2 Å². The Balaban J connectivity index is 1.84. The zero-order chi connectivity index (χ0) is 20.3. The zero-order valence-electron chi connectivity index (χ0n) is 15.1. The predicted octanol–water partition coefficient (Wildman–Crippen LogP) is 5.28. The van der Waals surface area contributed by atoms with E-state index in [9.17, 15) is 18.0 Å². The summed E-state index contributed by atoms with van der Waals surface area (Å²) in [6.07, 6.45) is -2.89. The van der Waals surface area contributed by atoms with Crippen LogP contribution in [-0.4, -0.2) is 15.9 Å². The lowest BCUT2D eigenvalue weighted by Crippen LogP contribution is -2.24. The fourth-order valence-corrected chi connectivity index (χ4v) is 2.58. The standard InChI is InChI=1S/C20H16F3N3O2/c1-13-24-11-10-19(25-13)26(14(2)27)16-6-8-17(9-7-16)28-18-5-3-4-15(12-18)20(21,22)23/h3-12H,1-2H3. The largest absolute Gasteiger partial charge is 0.457 e. The highest BCUT2D eigenvalue weighted by Crippen LogP contribution is 2.33. The molecule has 0 bridgehead atoms. The van der Waals surface area contributed by atoms with Crippen molar-refractivity contribution in [3.63, 3.8) is 0 Å². The van der Waals surface area contributed by atoms with Gasteiger partial charge in [-0.15, -0.1) is 0 Å². The van der Waals surface area contributed by atoms with Crippen molar-refractivity contribution in [1.29, 1.82) is 0 Å². The predicted molar refractivity (Wildman–Crippen MR) is 97.5 cm³/mol. The number of carbonyl (C=O) groups excluding carboxylic acids is 1. The monoisotopic (exact) mass is 387 g/mol. The molecule has 0 unspecified atom stereocenters. The van der Waals surface area contributed by atoms with Crippen molar-refractivity contribution in [3.8, 4) is 11.5 Å². The molecule has 3 aromatic rings. The maximum absolute atomic E-state index is 12.8. The van der Waals surface area contributed by atoms with E-state index >= 15 is 0 Å². The Bertz CT molecular complexity index is 988. The van der Waals surface area contributed by atoms with Gasteiger partial charge in [0, 0.05) is 13.1 Å². The third kappa shape index (κ3) is 4.46. The molecule has 1 amide bonds. The Kier molecular flexibility index (Phi) is 5.30. The summed E-state index contributed by atoms with van der Waals surface area (Å²) in [5.41, 5.74) is -0.245. The summed E-state index contributed by atoms with van der Waals surface area (Å²) in [5, 5.41) is 0. The van der Waals surface area contributed by atoms with Gasteiger partial charge in [0.25, 0.3) is 0 Å². The van der Waals surface area contributed by atoms with E-state index < -0.39 is 11.7 Å². The minimum absolute atomic E-state index is 0.0671. The van der Waals surface area contributed by atoms with E-state index in [1.165, 1.54) is 24.0 Å². The van der Waals surface area contributed by atoms with Crippen LogP contribution in [0.1, 0.15) is 18.3 Å². The number of rotatable bonds is 4. The smallest absolute Gasteiger partial charge is 0.416 e. The average molecular weight is 387 g/mol. The number of aromatic nitrogens is 2. The first-order valence-electron chi connectivity index (χ1n) is 8.29. The lowest BCUT2D eigenvalue weighted by Gasteiger charge is -2.20. The highest BCUT2D eigenvalue weighted by atomic mass is 19.4. The summed E-state index contributed by atoms with van der Waals surface area (Å²) in [5.74, 6) is 1.10. The van der Waals surface area contributed by atoms with Crippen LogP contribution in [0.3, 0.4) is 0 Å². The lowest BCUT2D eigenvalue weighted by atomic mass is 10.2. The van der Waals surface area contributed by atoms with Crippen molar-refractivity contribution in [2.75, 3.05) is 4.90 Å². The van der Waals surface area contributed by atoms with Crippen LogP contribution in [0.4, 0.5) is 24.7 Å². The van der Waals surface area contributed by atoms with Crippen LogP contribution in [0.5, 0.6) is 11.5 Å². The maximum Gasteiger partial charge on any atom is 0.416 e. The van der Waals surface area contributed by atoms with Gasteiger partial charge in [0.05, 0.1) is 11.3 Å². The molecule has 5 nitrogen and oxygen atoms in total. The molecule has 0 aliphatic heterocycles. The molecule has 0 atom stereocenters. The van der Waals surface area contributed by atoms with E-state index in [-0.39, 0.29) is 11.7 Å². The first-order valence-corrected chi connectivity index (χ1v) is 8.29. The molecule has 0 fully saturated rings. The minimum Gasteiger partial charge on any atom is -0.457 e. The highest BCUT2D eigenvalue weighted by molar-refractivity contribution is 5.98. The number of nitrogens with zero attached hydrogens (tertiary/aromatic N) is 3. The summed E-state index contributed by atoms with van der Waals surface area (Å²) >= 11 is 0. The number of aryl methyl sites for hydroxylation is 1. The second kappa shape index (κ2) is 7.67. The summed E-state index contributed by atoms with van der Waals surface area (Å²) in [7, 11) is 0. The topological polar surface area (TPSA) is 55.3 Å². The molecular weight excluding hydrogens is 371 g/mol. The number of alkyl halides is 3. The van der Waals surface area contributed by atoms with E-state index in [2.05, 4.69) is 9.97 Å². The molecule has 1 aromatic heterocycles. The summed E-state index contributed by atoms with van der Waals surface area (Å²) in [6, 6.07) is 12.6. The number of hydrogen-bond donors (Lipinski definition) is 0. The van der Waals surface area contributed by atoms with E-state index in [1.54, 1.807) is 43.5 Å². The molecule has 3 rings (SSSR count). The number of halogens is 3. The molecule has 0 spiro atoms. The van der Waals surface area contributed by atoms with Gasteiger partial charge in [-0.05, 0) is 55.5 Å². The second-order valence-electron chi connectivity index (χ2n) is 5.94. The molecule has 1 heterocycles. The van der Waals surface area contributed by atoms with Crippen molar-refractivity contribution < 1.29 is 22.7 Å². The van der Waals surface area contributed by atoms with Gasteiger partial charge in [-0.3, -0.25) is 9.69 Å². The second-order valence-corrected chi connectivity index (χ2v) is 5.94. The van der Waals surface area contributed by atoms with Crippen LogP contribution in [0.25, 0.3) is 0 Å². The van der Waals surface area contributed by atoms with Gasteiger partial charge in [0.1, 0.15) is 23.1 Å². The van der Waals surface area contributed by atoms with Crippen LogP contribution >= 0.6 is 0 Å². The van der Waals surface area contributed by atoms with Crippen LogP contribution in [0, 0.1) is 6.92 Å². The van der Waals surface area contributed by atoms with E-state index in [0.717, 1.165) is 12.1 Å². The molecule has 144 valence electrons. The summed E-state index contributed by atoms with van der Waals surface area (Å²) < 4.78 is 43.9. The van der Waals surface area contributed by atoms with Crippen LogP contribution in [-0.2, 0) is 11.0 Å². The van der Waals surface area contributed by atoms with Gasteiger partial charge >= 0.3 is 6.18 Å². The van der Waals surface area contributed by atoms with Crippen LogP contribution < -0.4 is 9.64 Å². The zero-order valence-corrected chi connectivity index (χ0v) is 15.1. The van der Waals surface area contributed by atoms with Crippen molar-refractivity contribution in [1.82, 2.24) is 9.97 Å². The van der Waals surface area contributed by atoms with E-state index in [4.69, 9.17) is 4.74 Å². The summed E-state index contributed by atoms with van der Waals surface area (Å²) in [6.45, 7) is 3.12. The Morgan fingerprint density at radius 2 is 1.75 bits per heavy atom. The molecule has 0 saturated carbocycles. The van der Waals surface area contributed by atoms with Gasteiger partial charge in [-0.25, -0.2) is 9.97 Å². The van der Waals surface area contributed by atoms with E-state index in [0.29, 0.717) is 23.1 Å². The molecule has 0 radical (unpaired) electrons. The average Bonchev–Trinajstić information content (AvgIpc) is 2.63. The minimum atomic E-state index is -4.44. The Morgan fingerprint density at radius 1 is 1.04 bits per heavy atom. The number of anilines is 2. The fourth-order valence-electron chi connectivity index (χ4n) is 2.58. The quantitative estimate of drug-likeness (QED) is 0.611. The molecule has 2 aromatic carbocycles. The van der Waals surface area contributed by atoms with Gasteiger partial charge in [-0.2, -0.15) is 13.2 Å². The number of benzene rings is 2. The Labute approximate surface area is 159 Å². The Morgan fingerprint density at radius 3 is 2.36 bits per heavy atom. The normalized spacial score (nSPS) is 11.2. The van der Waals surface area contributed by atoms with Gasteiger partial charge < -0.3 is 4.74 Å². The molecule has 0 aliphatic carbocycles. The lowest BCUT2D eigenvalue weighted by molar-refractivity contribution is -0.137. The van der Waals surface area contributed by atoms with Gasteiger partial charge in [0.15, 0.2) is 0 Å². The van der Waals surface area contributed by atoms with Gasteiger partial charge in [0.2, 0.25) is 5.91 Å². The number of carbonyl (C=O) groups is 1. The summed E-state index contributed by atoms with van der Waals surface area (Å²) in [4.78, 5) is 21.8. The first kappa shape index (κ1) is 19.3. The maximum atomic E-state index is 12.8. The third-order valence-corrected chi connectivity index (χ3v) is 3.80. The molecule has 28 heavy (non-hydrogen) atoms. The van der Waals surface area contributed by atoms with Gasteiger partial charge in [-0.1, -0.05) is 6.07 Å². The number of ether oxygens (including phenoxy) is 1. The van der Waals surface area contributed by atoms with Crippen LogP contribution in [0.15, 0.2) is 60.8 Å². The number of amides is 1. The fraction of sp³-hybridized carbons (Fsp3) is 0.150. The Hall–Kier alpha value is -3.42. The molecule has 8 heteroatoms. The SMILES string of the molecule is CC(=O)N(c1ccc(Oc2cccc(C(F)(F)F)c2)cc1)c1ccnc(C)n1. The molecule has 0 saturated heterocycles. The van der Waals surface area contributed by atoms with E-state index in [1.807, 2.05) is 0 Å². The third-order valence-electron chi connectivity index (χ3n) is 3.80. The van der Waals surface area contributed by atoms with Crippen molar-refractivity contribution in [2.24, 2.45) is 0 Å². The number of hydrogen-bond acceptors (Lipinski definition) is 4. The molecule has 0 aliphatic rings.